The molecule has 2 heterocycles. The first-order valence-electron chi connectivity index (χ1n) is 7.12. The van der Waals surface area contributed by atoms with E-state index in [2.05, 4.69) is 16.2 Å². The van der Waals surface area contributed by atoms with Gasteiger partial charge in [0.15, 0.2) is 0 Å². The highest BCUT2D eigenvalue weighted by molar-refractivity contribution is 5.75. The quantitative estimate of drug-likeness (QED) is 0.932. The fourth-order valence-electron chi connectivity index (χ4n) is 3.00. The number of fused-ring (bicyclic) bond motifs is 1. The molecule has 6 heteroatoms. The summed E-state index contributed by atoms with van der Waals surface area (Å²) in [5.41, 5.74) is 2.18. The molecule has 1 aliphatic carbocycles. The molecule has 0 aromatic carbocycles. The minimum absolute atomic E-state index is 0.192. The Hall–Kier alpha value is -2.42. The van der Waals surface area contributed by atoms with Crippen molar-refractivity contribution in [3.8, 4) is 6.07 Å². The minimum atomic E-state index is -0.680. The van der Waals surface area contributed by atoms with Crippen LogP contribution < -0.4 is 0 Å². The van der Waals surface area contributed by atoms with Crippen LogP contribution in [0.25, 0.3) is 11.0 Å². The van der Waals surface area contributed by atoms with Crippen LogP contribution in [0.5, 0.6) is 0 Å². The third-order valence-corrected chi connectivity index (χ3v) is 4.25. The predicted molar refractivity (Wildman–Crippen MR) is 75.3 cm³/mol. The zero-order chi connectivity index (χ0) is 14.8. The van der Waals surface area contributed by atoms with Crippen LogP contribution in [0.15, 0.2) is 18.5 Å². The Balaban J connectivity index is 1.74. The normalized spacial score (nSPS) is 22.0. The summed E-state index contributed by atoms with van der Waals surface area (Å²) < 4.78 is 1.88. The lowest BCUT2D eigenvalue weighted by Crippen LogP contribution is -2.24. The van der Waals surface area contributed by atoms with E-state index in [0.717, 1.165) is 43.3 Å². The van der Waals surface area contributed by atoms with Gasteiger partial charge in [0, 0.05) is 12.7 Å². The Morgan fingerprint density at radius 1 is 1.38 bits per heavy atom. The average Bonchev–Trinajstić information content (AvgIpc) is 2.90. The summed E-state index contributed by atoms with van der Waals surface area (Å²) in [6.45, 7) is 0.756. The van der Waals surface area contributed by atoms with Crippen LogP contribution in [0.1, 0.15) is 31.2 Å². The van der Waals surface area contributed by atoms with Crippen molar-refractivity contribution in [2.24, 2.45) is 11.8 Å². The number of nitriles is 1. The second-order valence-corrected chi connectivity index (χ2v) is 5.62. The zero-order valence-electron chi connectivity index (χ0n) is 11.6. The molecule has 0 bridgehead atoms. The summed E-state index contributed by atoms with van der Waals surface area (Å²) in [5, 5.41) is 22.3. The fourth-order valence-corrected chi connectivity index (χ4v) is 3.00. The van der Waals surface area contributed by atoms with Crippen LogP contribution in [-0.2, 0) is 11.3 Å². The van der Waals surface area contributed by atoms with Gasteiger partial charge in [-0.1, -0.05) is 0 Å². The van der Waals surface area contributed by atoms with Gasteiger partial charge in [-0.2, -0.15) is 10.4 Å². The van der Waals surface area contributed by atoms with Gasteiger partial charge in [0.05, 0.1) is 23.2 Å². The van der Waals surface area contributed by atoms with Crippen molar-refractivity contribution < 1.29 is 9.90 Å². The van der Waals surface area contributed by atoms with Crippen molar-refractivity contribution in [2.45, 2.75) is 32.2 Å². The number of carbonyl (C=O) groups is 1. The standard InChI is InChI=1S/C15H16N4O2/c16-6-11-5-14-13(17-7-11)8-18-19(14)9-10-1-3-12(4-2-10)15(20)21/h5,7-8,10,12H,1-4,9H2,(H,20,21). The fraction of sp³-hybridized carbons (Fsp3) is 0.467. The molecular formula is C15H16N4O2. The summed E-state index contributed by atoms with van der Waals surface area (Å²) in [6, 6.07) is 3.89. The second kappa shape index (κ2) is 5.52. The van der Waals surface area contributed by atoms with Gasteiger partial charge in [0.1, 0.15) is 11.6 Å². The number of carboxylic acids is 1. The molecule has 21 heavy (non-hydrogen) atoms. The van der Waals surface area contributed by atoms with E-state index in [4.69, 9.17) is 10.4 Å². The molecule has 108 valence electrons. The maximum Gasteiger partial charge on any atom is 0.306 e. The van der Waals surface area contributed by atoms with Gasteiger partial charge >= 0.3 is 5.97 Å². The first-order chi connectivity index (χ1) is 10.2. The SMILES string of the molecule is N#Cc1cnc2cnn(CC3CCC(C(=O)O)CC3)c2c1. The highest BCUT2D eigenvalue weighted by atomic mass is 16.4. The molecular weight excluding hydrogens is 268 g/mol. The van der Waals surface area contributed by atoms with Crippen LogP contribution >= 0.6 is 0 Å². The highest BCUT2D eigenvalue weighted by Gasteiger charge is 2.26. The monoisotopic (exact) mass is 284 g/mol. The molecule has 0 atom stereocenters. The van der Waals surface area contributed by atoms with Crippen molar-refractivity contribution >= 4 is 17.0 Å². The molecule has 1 N–H and O–H groups in total. The molecule has 1 saturated carbocycles. The Morgan fingerprint density at radius 2 is 2.14 bits per heavy atom. The molecule has 0 amide bonds. The molecule has 0 unspecified atom stereocenters. The number of nitrogens with zero attached hydrogens (tertiary/aromatic N) is 4. The topological polar surface area (TPSA) is 91.8 Å². The molecule has 0 saturated heterocycles. The zero-order valence-corrected chi connectivity index (χ0v) is 11.6. The van der Waals surface area contributed by atoms with E-state index >= 15 is 0 Å². The van der Waals surface area contributed by atoms with Crippen LogP contribution in [0, 0.1) is 23.2 Å². The van der Waals surface area contributed by atoms with Gasteiger partial charge in [-0.15, -0.1) is 0 Å². The number of hydrogen-bond donors (Lipinski definition) is 1. The first-order valence-corrected chi connectivity index (χ1v) is 7.12. The molecule has 6 nitrogen and oxygen atoms in total. The maximum atomic E-state index is 11.0. The molecule has 3 rings (SSSR count). The van der Waals surface area contributed by atoms with Crippen LogP contribution in [0.4, 0.5) is 0 Å². The van der Waals surface area contributed by atoms with Gasteiger partial charge < -0.3 is 5.11 Å². The van der Waals surface area contributed by atoms with E-state index < -0.39 is 5.97 Å². The lowest BCUT2D eigenvalue weighted by atomic mass is 9.82. The summed E-state index contributed by atoms with van der Waals surface area (Å²) in [5.74, 6) is -0.433. The third-order valence-electron chi connectivity index (χ3n) is 4.25. The molecule has 0 radical (unpaired) electrons. The number of aromatic nitrogens is 3. The van der Waals surface area contributed by atoms with Gasteiger partial charge in [-0.25, -0.2) is 0 Å². The van der Waals surface area contributed by atoms with Crippen molar-refractivity contribution in [3.63, 3.8) is 0 Å². The highest BCUT2D eigenvalue weighted by Crippen LogP contribution is 2.30. The molecule has 0 aliphatic heterocycles. The number of rotatable bonds is 3. The van der Waals surface area contributed by atoms with Gasteiger partial charge in [0.2, 0.25) is 0 Å². The van der Waals surface area contributed by atoms with Gasteiger partial charge in [-0.05, 0) is 37.7 Å². The van der Waals surface area contributed by atoms with E-state index in [1.165, 1.54) is 0 Å². The molecule has 1 fully saturated rings. The predicted octanol–water partition coefficient (Wildman–Crippen LogP) is 2.19. The van der Waals surface area contributed by atoms with Crippen LogP contribution in [0.2, 0.25) is 0 Å². The third kappa shape index (κ3) is 2.72. The van der Waals surface area contributed by atoms with E-state index in [-0.39, 0.29) is 5.92 Å². The first kappa shape index (κ1) is 13.6. The summed E-state index contributed by atoms with van der Waals surface area (Å²) >= 11 is 0. The Morgan fingerprint density at radius 3 is 2.81 bits per heavy atom. The molecule has 0 spiro atoms. The van der Waals surface area contributed by atoms with Crippen LogP contribution in [0.3, 0.4) is 0 Å². The summed E-state index contributed by atoms with van der Waals surface area (Å²) in [4.78, 5) is 15.2. The summed E-state index contributed by atoms with van der Waals surface area (Å²) in [7, 11) is 0. The van der Waals surface area contributed by atoms with Crippen molar-refractivity contribution in [1.29, 1.82) is 5.26 Å². The molecule has 2 aromatic rings. The Labute approximate surface area is 122 Å². The number of carboxylic acid groups (broad SMARTS) is 1. The van der Waals surface area contributed by atoms with Crippen LogP contribution in [-0.4, -0.2) is 25.8 Å². The van der Waals surface area contributed by atoms with Gasteiger partial charge in [0.25, 0.3) is 0 Å². The van der Waals surface area contributed by atoms with Gasteiger partial charge in [-0.3, -0.25) is 14.5 Å². The smallest absolute Gasteiger partial charge is 0.306 e. The molecule has 2 aromatic heterocycles. The van der Waals surface area contributed by atoms with E-state index in [1.807, 2.05) is 4.68 Å². The molecule has 1 aliphatic rings. The van der Waals surface area contributed by atoms with E-state index in [9.17, 15) is 4.79 Å². The van der Waals surface area contributed by atoms with Crippen molar-refractivity contribution in [1.82, 2.24) is 14.8 Å². The van der Waals surface area contributed by atoms with E-state index in [1.54, 1.807) is 18.5 Å². The summed E-state index contributed by atoms with van der Waals surface area (Å²) in [6.07, 6.45) is 6.54. The Kier molecular flexibility index (Phi) is 3.57. The largest absolute Gasteiger partial charge is 0.481 e. The van der Waals surface area contributed by atoms with E-state index in [0.29, 0.717) is 11.5 Å². The Bertz CT molecular complexity index is 708. The minimum Gasteiger partial charge on any atom is -0.481 e. The second-order valence-electron chi connectivity index (χ2n) is 5.62. The number of hydrogen-bond acceptors (Lipinski definition) is 4. The lowest BCUT2D eigenvalue weighted by Gasteiger charge is -2.26. The lowest BCUT2D eigenvalue weighted by molar-refractivity contribution is -0.143. The average molecular weight is 284 g/mol. The number of aliphatic carboxylic acids is 1. The van der Waals surface area contributed by atoms with Crippen molar-refractivity contribution in [2.75, 3.05) is 0 Å². The van der Waals surface area contributed by atoms with Crippen molar-refractivity contribution in [3.05, 3.63) is 24.0 Å². The maximum absolute atomic E-state index is 11.0. The number of pyridine rings is 1.